The molecule has 2 atom stereocenters. The highest BCUT2D eigenvalue weighted by Crippen LogP contribution is 2.48. The number of carbonyl (C=O) groups is 1. The van der Waals surface area contributed by atoms with Gasteiger partial charge in [0.1, 0.15) is 12.4 Å². The molecular formula is C16H22N2O3. The number of fused-ring (bicyclic) bond motifs is 1. The van der Waals surface area contributed by atoms with E-state index in [4.69, 9.17) is 9.47 Å². The summed E-state index contributed by atoms with van der Waals surface area (Å²) in [6, 6.07) is 3.80. The third kappa shape index (κ3) is 2.88. The van der Waals surface area contributed by atoms with Crippen molar-refractivity contribution in [3.8, 4) is 5.75 Å². The molecule has 1 saturated heterocycles. The molecule has 1 aromatic heterocycles. The molecule has 0 bridgehead atoms. The smallest absolute Gasteiger partial charge is 0.248 e. The van der Waals surface area contributed by atoms with Gasteiger partial charge in [0.05, 0.1) is 12.8 Å². The zero-order valence-electron chi connectivity index (χ0n) is 12.5. The first-order valence-corrected chi connectivity index (χ1v) is 7.53. The second-order valence-corrected chi connectivity index (χ2v) is 6.14. The number of amides is 1. The number of hydrogen-bond donors (Lipinski definition) is 0. The Bertz CT molecular complexity index is 494. The lowest BCUT2D eigenvalue weighted by atomic mass is 9.81. The zero-order valence-corrected chi connectivity index (χ0v) is 12.5. The molecule has 114 valence electrons. The Kier molecular flexibility index (Phi) is 4.10. The van der Waals surface area contributed by atoms with Crippen molar-refractivity contribution in [1.82, 2.24) is 9.88 Å². The van der Waals surface area contributed by atoms with Crippen LogP contribution in [0.2, 0.25) is 0 Å². The summed E-state index contributed by atoms with van der Waals surface area (Å²) < 4.78 is 10.9. The molecule has 2 aliphatic rings. The van der Waals surface area contributed by atoms with E-state index in [9.17, 15) is 4.79 Å². The molecule has 5 nitrogen and oxygen atoms in total. The SMILES string of the molecule is COCC(=O)N1C[C@H]2CCC[C@@]2(COc2cccnc2)C1. The van der Waals surface area contributed by atoms with Gasteiger partial charge in [-0.05, 0) is 30.9 Å². The van der Waals surface area contributed by atoms with Crippen molar-refractivity contribution < 1.29 is 14.3 Å². The molecule has 1 aliphatic heterocycles. The Hall–Kier alpha value is -1.62. The van der Waals surface area contributed by atoms with Crippen LogP contribution in [0.5, 0.6) is 5.75 Å². The molecule has 0 N–H and O–H groups in total. The van der Waals surface area contributed by atoms with Gasteiger partial charge in [-0.3, -0.25) is 9.78 Å². The first-order chi connectivity index (χ1) is 10.2. The zero-order chi connectivity index (χ0) is 14.7. The standard InChI is InChI=1S/C16H22N2O3/c1-20-10-15(19)18-9-13-4-2-6-16(13,11-18)12-21-14-5-3-7-17-8-14/h3,5,7-8,13H,2,4,6,9-12H2,1H3/t13-,16+/m1/s1. The predicted octanol–water partition coefficient (Wildman–Crippen LogP) is 1.74. The molecule has 21 heavy (non-hydrogen) atoms. The molecule has 1 amide bonds. The van der Waals surface area contributed by atoms with E-state index in [1.54, 1.807) is 19.5 Å². The quantitative estimate of drug-likeness (QED) is 0.829. The van der Waals surface area contributed by atoms with E-state index < -0.39 is 0 Å². The van der Waals surface area contributed by atoms with Crippen molar-refractivity contribution in [2.45, 2.75) is 19.3 Å². The summed E-state index contributed by atoms with van der Waals surface area (Å²) in [5.41, 5.74) is 0.110. The number of methoxy groups -OCH3 is 1. The predicted molar refractivity (Wildman–Crippen MR) is 78.0 cm³/mol. The van der Waals surface area contributed by atoms with Crippen LogP contribution in [0.25, 0.3) is 0 Å². The Balaban J connectivity index is 1.65. The largest absolute Gasteiger partial charge is 0.491 e. The van der Waals surface area contributed by atoms with E-state index in [2.05, 4.69) is 4.98 Å². The lowest BCUT2D eigenvalue weighted by Crippen LogP contribution is -2.36. The molecule has 1 aliphatic carbocycles. The fraction of sp³-hybridized carbons (Fsp3) is 0.625. The molecule has 0 radical (unpaired) electrons. The van der Waals surface area contributed by atoms with Gasteiger partial charge in [-0.15, -0.1) is 0 Å². The summed E-state index contributed by atoms with van der Waals surface area (Å²) >= 11 is 0. The summed E-state index contributed by atoms with van der Waals surface area (Å²) in [5, 5.41) is 0. The lowest BCUT2D eigenvalue weighted by molar-refractivity contribution is -0.134. The summed E-state index contributed by atoms with van der Waals surface area (Å²) in [5.74, 6) is 1.45. The van der Waals surface area contributed by atoms with Gasteiger partial charge < -0.3 is 14.4 Å². The maximum atomic E-state index is 12.0. The van der Waals surface area contributed by atoms with Crippen molar-refractivity contribution in [2.75, 3.05) is 33.4 Å². The number of rotatable bonds is 5. The van der Waals surface area contributed by atoms with E-state index >= 15 is 0 Å². The Morgan fingerprint density at radius 2 is 2.48 bits per heavy atom. The van der Waals surface area contributed by atoms with E-state index in [0.29, 0.717) is 12.5 Å². The van der Waals surface area contributed by atoms with Crippen LogP contribution in [0.4, 0.5) is 0 Å². The molecule has 1 saturated carbocycles. The molecular weight excluding hydrogens is 268 g/mol. The number of likely N-dealkylation sites (tertiary alicyclic amines) is 1. The van der Waals surface area contributed by atoms with Crippen LogP contribution in [-0.2, 0) is 9.53 Å². The highest BCUT2D eigenvalue weighted by atomic mass is 16.5. The average molecular weight is 290 g/mol. The summed E-state index contributed by atoms with van der Waals surface area (Å²) in [4.78, 5) is 18.1. The molecule has 0 spiro atoms. The van der Waals surface area contributed by atoms with E-state index in [1.807, 2.05) is 17.0 Å². The van der Waals surface area contributed by atoms with Crippen molar-refractivity contribution >= 4 is 5.91 Å². The third-order valence-electron chi connectivity index (χ3n) is 4.82. The Labute approximate surface area is 125 Å². The minimum absolute atomic E-state index is 0.0904. The van der Waals surface area contributed by atoms with Crippen LogP contribution in [0.1, 0.15) is 19.3 Å². The summed E-state index contributed by atoms with van der Waals surface area (Å²) in [6.45, 7) is 2.48. The fourth-order valence-electron chi connectivity index (χ4n) is 3.71. The van der Waals surface area contributed by atoms with Crippen molar-refractivity contribution in [1.29, 1.82) is 0 Å². The van der Waals surface area contributed by atoms with Gasteiger partial charge in [0.25, 0.3) is 0 Å². The van der Waals surface area contributed by atoms with E-state index in [0.717, 1.165) is 25.3 Å². The number of nitrogens with zero attached hydrogens (tertiary/aromatic N) is 2. The lowest BCUT2D eigenvalue weighted by Gasteiger charge is -2.28. The second kappa shape index (κ2) is 6.02. The van der Waals surface area contributed by atoms with Crippen molar-refractivity contribution in [3.05, 3.63) is 24.5 Å². The van der Waals surface area contributed by atoms with Crippen LogP contribution >= 0.6 is 0 Å². The van der Waals surface area contributed by atoms with Crippen molar-refractivity contribution in [2.24, 2.45) is 11.3 Å². The monoisotopic (exact) mass is 290 g/mol. The summed E-state index contributed by atoms with van der Waals surface area (Å²) in [7, 11) is 1.57. The topological polar surface area (TPSA) is 51.7 Å². The molecule has 1 aromatic rings. The highest BCUT2D eigenvalue weighted by molar-refractivity contribution is 5.77. The van der Waals surface area contributed by atoms with Gasteiger partial charge in [0.15, 0.2) is 0 Å². The number of carbonyl (C=O) groups excluding carboxylic acids is 1. The van der Waals surface area contributed by atoms with Crippen LogP contribution < -0.4 is 4.74 Å². The van der Waals surface area contributed by atoms with Gasteiger partial charge >= 0.3 is 0 Å². The summed E-state index contributed by atoms with van der Waals surface area (Å²) in [6.07, 6.45) is 7.03. The molecule has 2 heterocycles. The van der Waals surface area contributed by atoms with Gasteiger partial charge in [-0.1, -0.05) is 6.42 Å². The van der Waals surface area contributed by atoms with Crippen LogP contribution in [0, 0.1) is 11.3 Å². The maximum Gasteiger partial charge on any atom is 0.248 e. The van der Waals surface area contributed by atoms with Gasteiger partial charge in [0, 0.05) is 31.8 Å². The minimum atomic E-state index is 0.0904. The number of hydrogen-bond acceptors (Lipinski definition) is 4. The average Bonchev–Trinajstić information content (AvgIpc) is 3.03. The third-order valence-corrected chi connectivity index (χ3v) is 4.82. The van der Waals surface area contributed by atoms with Gasteiger partial charge in [-0.25, -0.2) is 0 Å². The maximum absolute atomic E-state index is 12.0. The Morgan fingerprint density at radius 1 is 1.57 bits per heavy atom. The normalized spacial score (nSPS) is 27.7. The Morgan fingerprint density at radius 3 is 3.24 bits per heavy atom. The molecule has 0 aromatic carbocycles. The fourth-order valence-corrected chi connectivity index (χ4v) is 3.71. The first-order valence-electron chi connectivity index (χ1n) is 7.53. The van der Waals surface area contributed by atoms with E-state index in [1.165, 1.54) is 12.8 Å². The van der Waals surface area contributed by atoms with Crippen molar-refractivity contribution in [3.63, 3.8) is 0 Å². The highest BCUT2D eigenvalue weighted by Gasteiger charge is 2.51. The number of aromatic nitrogens is 1. The van der Waals surface area contributed by atoms with Gasteiger partial charge in [-0.2, -0.15) is 0 Å². The molecule has 5 heteroatoms. The van der Waals surface area contributed by atoms with Crippen LogP contribution in [0.3, 0.4) is 0 Å². The minimum Gasteiger partial charge on any atom is -0.491 e. The second-order valence-electron chi connectivity index (χ2n) is 6.14. The molecule has 3 rings (SSSR count). The van der Waals surface area contributed by atoms with Crippen LogP contribution in [-0.4, -0.2) is 49.2 Å². The molecule has 0 unspecified atom stereocenters. The van der Waals surface area contributed by atoms with Crippen LogP contribution in [0.15, 0.2) is 24.5 Å². The molecule has 2 fully saturated rings. The number of ether oxygens (including phenoxy) is 2. The number of pyridine rings is 1. The first kappa shape index (κ1) is 14.3. The van der Waals surface area contributed by atoms with E-state index in [-0.39, 0.29) is 17.9 Å². The van der Waals surface area contributed by atoms with Gasteiger partial charge in [0.2, 0.25) is 5.91 Å².